The molecule has 1 fully saturated rings. The maximum atomic E-state index is 12.5. The SMILES string of the molecule is Cc1cc(C(=O)N2CSC[C@@H]2C(=O)N[C@H](C)CCC(C)C)on1. The molecule has 0 radical (unpaired) electrons. The topological polar surface area (TPSA) is 75.4 Å². The molecule has 0 saturated carbocycles. The van der Waals surface area contributed by atoms with Gasteiger partial charge in [-0.2, -0.15) is 0 Å². The third-order valence-electron chi connectivity index (χ3n) is 3.85. The molecule has 1 aliphatic heterocycles. The van der Waals surface area contributed by atoms with Crippen LogP contribution in [-0.4, -0.2) is 45.6 Å². The van der Waals surface area contributed by atoms with Gasteiger partial charge in [-0.25, -0.2) is 0 Å². The van der Waals surface area contributed by atoms with Gasteiger partial charge >= 0.3 is 0 Å². The Morgan fingerprint density at radius 2 is 2.17 bits per heavy atom. The Balaban J connectivity index is 1.95. The van der Waals surface area contributed by atoms with E-state index in [9.17, 15) is 9.59 Å². The second-order valence-corrected chi connectivity index (χ2v) is 7.50. The van der Waals surface area contributed by atoms with Crippen LogP contribution in [0.5, 0.6) is 0 Å². The number of aryl methyl sites for hydroxylation is 1. The summed E-state index contributed by atoms with van der Waals surface area (Å²) in [5.74, 6) is 1.56. The van der Waals surface area contributed by atoms with Gasteiger partial charge in [0.2, 0.25) is 11.7 Å². The number of hydrogen-bond donors (Lipinski definition) is 1. The standard InChI is InChI=1S/C16H25N3O3S/c1-10(2)5-6-11(3)17-15(20)13-8-23-9-19(13)16(21)14-7-12(4)18-22-14/h7,10-11,13H,5-6,8-9H2,1-4H3,(H,17,20)/t11-,13-/m1/s1. The first-order valence-electron chi connectivity index (χ1n) is 8.01. The molecule has 7 heteroatoms. The molecule has 0 bridgehead atoms. The molecule has 2 amide bonds. The molecule has 1 N–H and O–H groups in total. The number of thioether (sulfide) groups is 1. The van der Waals surface area contributed by atoms with Crippen molar-refractivity contribution in [2.45, 2.75) is 52.6 Å². The highest BCUT2D eigenvalue weighted by atomic mass is 32.2. The molecule has 2 heterocycles. The molecular formula is C16H25N3O3S. The van der Waals surface area contributed by atoms with E-state index in [1.165, 1.54) is 0 Å². The highest BCUT2D eigenvalue weighted by molar-refractivity contribution is 7.99. The van der Waals surface area contributed by atoms with E-state index in [4.69, 9.17) is 4.52 Å². The van der Waals surface area contributed by atoms with Crippen molar-refractivity contribution in [2.75, 3.05) is 11.6 Å². The lowest BCUT2D eigenvalue weighted by atomic mass is 10.0. The second kappa shape index (κ2) is 7.86. The van der Waals surface area contributed by atoms with E-state index >= 15 is 0 Å². The number of carbonyl (C=O) groups is 2. The molecule has 0 aromatic carbocycles. The van der Waals surface area contributed by atoms with Gasteiger partial charge in [-0.3, -0.25) is 9.59 Å². The van der Waals surface area contributed by atoms with Gasteiger partial charge in [0, 0.05) is 17.9 Å². The number of amides is 2. The van der Waals surface area contributed by atoms with Gasteiger partial charge in [0.25, 0.3) is 5.91 Å². The summed E-state index contributed by atoms with van der Waals surface area (Å²) in [5.41, 5.74) is 0.656. The smallest absolute Gasteiger partial charge is 0.293 e. The largest absolute Gasteiger partial charge is 0.352 e. The number of rotatable bonds is 6. The minimum Gasteiger partial charge on any atom is -0.352 e. The quantitative estimate of drug-likeness (QED) is 0.861. The Morgan fingerprint density at radius 1 is 1.43 bits per heavy atom. The van der Waals surface area contributed by atoms with Crippen LogP contribution in [-0.2, 0) is 4.79 Å². The summed E-state index contributed by atoms with van der Waals surface area (Å²) in [6, 6.07) is 1.27. The predicted octanol–water partition coefficient (Wildman–Crippen LogP) is 2.44. The molecule has 6 nitrogen and oxygen atoms in total. The molecule has 1 aliphatic rings. The fraction of sp³-hybridized carbons (Fsp3) is 0.688. The fourth-order valence-corrected chi connectivity index (χ4v) is 3.61. The molecule has 1 aromatic heterocycles. The van der Waals surface area contributed by atoms with E-state index in [1.807, 2.05) is 6.92 Å². The lowest BCUT2D eigenvalue weighted by Gasteiger charge is -2.24. The highest BCUT2D eigenvalue weighted by Crippen LogP contribution is 2.24. The van der Waals surface area contributed by atoms with Crippen molar-refractivity contribution in [2.24, 2.45) is 5.92 Å². The van der Waals surface area contributed by atoms with E-state index in [0.717, 1.165) is 12.8 Å². The lowest BCUT2D eigenvalue weighted by Crippen LogP contribution is -2.49. The van der Waals surface area contributed by atoms with Crippen molar-refractivity contribution in [1.29, 1.82) is 0 Å². The maximum absolute atomic E-state index is 12.5. The van der Waals surface area contributed by atoms with E-state index in [-0.39, 0.29) is 23.6 Å². The molecule has 0 unspecified atom stereocenters. The maximum Gasteiger partial charge on any atom is 0.293 e. The zero-order valence-corrected chi connectivity index (χ0v) is 15.0. The van der Waals surface area contributed by atoms with Gasteiger partial charge in [-0.15, -0.1) is 11.8 Å². The lowest BCUT2D eigenvalue weighted by molar-refractivity contribution is -0.125. The van der Waals surface area contributed by atoms with Crippen molar-refractivity contribution in [3.05, 3.63) is 17.5 Å². The minimum atomic E-state index is -0.445. The third kappa shape index (κ3) is 4.73. The zero-order chi connectivity index (χ0) is 17.0. The van der Waals surface area contributed by atoms with Crippen LogP contribution in [0.2, 0.25) is 0 Å². The summed E-state index contributed by atoms with van der Waals surface area (Å²) in [4.78, 5) is 26.5. The third-order valence-corrected chi connectivity index (χ3v) is 4.86. The summed E-state index contributed by atoms with van der Waals surface area (Å²) in [7, 11) is 0. The molecule has 23 heavy (non-hydrogen) atoms. The first-order valence-corrected chi connectivity index (χ1v) is 9.16. The van der Waals surface area contributed by atoms with Crippen LogP contribution in [0.3, 0.4) is 0 Å². The van der Waals surface area contributed by atoms with Crippen molar-refractivity contribution in [1.82, 2.24) is 15.4 Å². The van der Waals surface area contributed by atoms with E-state index < -0.39 is 6.04 Å². The second-order valence-electron chi connectivity index (χ2n) is 6.50. The van der Waals surface area contributed by atoms with Crippen LogP contribution in [0.1, 0.15) is 49.9 Å². The van der Waals surface area contributed by atoms with Gasteiger partial charge in [0.1, 0.15) is 6.04 Å². The summed E-state index contributed by atoms with van der Waals surface area (Å²) < 4.78 is 5.03. The average Bonchev–Trinajstić information content (AvgIpc) is 3.13. The Labute approximate surface area is 141 Å². The summed E-state index contributed by atoms with van der Waals surface area (Å²) in [6.07, 6.45) is 2.01. The summed E-state index contributed by atoms with van der Waals surface area (Å²) in [5, 5.41) is 6.76. The van der Waals surface area contributed by atoms with Crippen LogP contribution in [0.25, 0.3) is 0 Å². The first-order chi connectivity index (χ1) is 10.9. The van der Waals surface area contributed by atoms with Crippen molar-refractivity contribution < 1.29 is 14.1 Å². The fourth-order valence-electron chi connectivity index (χ4n) is 2.46. The van der Waals surface area contributed by atoms with E-state index in [1.54, 1.807) is 29.7 Å². The van der Waals surface area contributed by atoms with Crippen molar-refractivity contribution in [3.8, 4) is 0 Å². The van der Waals surface area contributed by atoms with Crippen LogP contribution in [0.4, 0.5) is 0 Å². The number of aromatic nitrogens is 1. The number of hydrogen-bond acceptors (Lipinski definition) is 5. The van der Waals surface area contributed by atoms with Crippen LogP contribution < -0.4 is 5.32 Å². The monoisotopic (exact) mass is 339 g/mol. The molecule has 1 saturated heterocycles. The van der Waals surface area contributed by atoms with Gasteiger partial charge in [-0.05, 0) is 32.6 Å². The molecule has 1 aromatic rings. The van der Waals surface area contributed by atoms with Gasteiger partial charge in [0.05, 0.1) is 11.6 Å². The van der Waals surface area contributed by atoms with Gasteiger partial charge in [0.15, 0.2) is 0 Å². The molecule has 128 valence electrons. The van der Waals surface area contributed by atoms with Gasteiger partial charge < -0.3 is 14.7 Å². The van der Waals surface area contributed by atoms with Crippen LogP contribution in [0, 0.1) is 12.8 Å². The van der Waals surface area contributed by atoms with Crippen molar-refractivity contribution in [3.63, 3.8) is 0 Å². The first kappa shape index (κ1) is 17.8. The van der Waals surface area contributed by atoms with Crippen molar-refractivity contribution >= 4 is 23.6 Å². The Kier molecular flexibility index (Phi) is 6.10. The summed E-state index contributed by atoms with van der Waals surface area (Å²) >= 11 is 1.58. The van der Waals surface area contributed by atoms with Gasteiger partial charge in [-0.1, -0.05) is 19.0 Å². The molecule has 0 aliphatic carbocycles. The Bertz CT molecular complexity index is 559. The molecular weight excluding hydrogens is 314 g/mol. The molecule has 0 spiro atoms. The van der Waals surface area contributed by atoms with Crippen LogP contribution in [0.15, 0.2) is 10.6 Å². The van der Waals surface area contributed by atoms with E-state index in [2.05, 4.69) is 24.3 Å². The number of nitrogens with zero attached hydrogens (tertiary/aromatic N) is 2. The van der Waals surface area contributed by atoms with E-state index in [0.29, 0.717) is 23.2 Å². The molecule has 2 rings (SSSR count). The minimum absolute atomic E-state index is 0.0872. The Hall–Kier alpha value is -1.50. The predicted molar refractivity (Wildman–Crippen MR) is 90.2 cm³/mol. The normalized spacial score (nSPS) is 19.2. The molecule has 2 atom stereocenters. The zero-order valence-electron chi connectivity index (χ0n) is 14.2. The summed E-state index contributed by atoms with van der Waals surface area (Å²) in [6.45, 7) is 8.11. The number of nitrogens with one attached hydrogen (secondary N) is 1. The van der Waals surface area contributed by atoms with Crippen LogP contribution >= 0.6 is 11.8 Å². The average molecular weight is 339 g/mol. The Morgan fingerprint density at radius 3 is 2.78 bits per heavy atom. The number of carbonyl (C=O) groups excluding carboxylic acids is 2. The highest BCUT2D eigenvalue weighted by Gasteiger charge is 2.36.